The van der Waals surface area contributed by atoms with E-state index in [0.717, 1.165) is 11.1 Å². The summed E-state index contributed by atoms with van der Waals surface area (Å²) in [4.78, 5) is 12.6. The SMILES string of the molecule is COc1ccc(C(=O)Nc2cccc(C)c2C)cc1S(=O)(=O)NC(C)(C)C. The van der Waals surface area contributed by atoms with E-state index in [4.69, 9.17) is 4.74 Å². The second kappa shape index (κ2) is 7.70. The molecule has 7 heteroatoms. The number of amides is 1. The number of carbonyl (C=O) groups is 1. The zero-order valence-corrected chi connectivity index (χ0v) is 17.3. The van der Waals surface area contributed by atoms with E-state index in [-0.39, 0.29) is 16.2 Å². The summed E-state index contributed by atoms with van der Waals surface area (Å²) in [6, 6.07) is 9.97. The molecule has 1 amide bonds. The Morgan fingerprint density at radius 3 is 2.33 bits per heavy atom. The van der Waals surface area contributed by atoms with Crippen LogP contribution in [0.5, 0.6) is 5.75 Å². The highest BCUT2D eigenvalue weighted by Crippen LogP contribution is 2.27. The lowest BCUT2D eigenvalue weighted by Crippen LogP contribution is -2.40. The first kappa shape index (κ1) is 20.9. The fraction of sp³-hybridized carbons (Fsp3) is 0.350. The summed E-state index contributed by atoms with van der Waals surface area (Å²) in [7, 11) is -2.47. The fourth-order valence-electron chi connectivity index (χ4n) is 2.57. The minimum Gasteiger partial charge on any atom is -0.495 e. The van der Waals surface area contributed by atoms with Crippen molar-refractivity contribution in [1.82, 2.24) is 4.72 Å². The molecule has 2 N–H and O–H groups in total. The first-order valence-electron chi connectivity index (χ1n) is 8.54. The molecule has 2 rings (SSSR count). The highest BCUT2D eigenvalue weighted by molar-refractivity contribution is 7.89. The Bertz CT molecular complexity index is 960. The van der Waals surface area contributed by atoms with Crippen LogP contribution in [0.1, 0.15) is 42.3 Å². The van der Waals surface area contributed by atoms with Gasteiger partial charge in [-0.25, -0.2) is 13.1 Å². The van der Waals surface area contributed by atoms with Gasteiger partial charge in [0, 0.05) is 16.8 Å². The van der Waals surface area contributed by atoms with Gasteiger partial charge in [-0.15, -0.1) is 0 Å². The number of hydrogen-bond donors (Lipinski definition) is 2. The number of carbonyl (C=O) groups excluding carboxylic acids is 1. The number of ether oxygens (including phenoxy) is 1. The minimum atomic E-state index is -3.86. The van der Waals surface area contributed by atoms with Crippen LogP contribution in [0.3, 0.4) is 0 Å². The minimum absolute atomic E-state index is 0.0754. The van der Waals surface area contributed by atoms with E-state index < -0.39 is 21.5 Å². The van der Waals surface area contributed by atoms with Crippen molar-refractivity contribution < 1.29 is 17.9 Å². The zero-order valence-electron chi connectivity index (χ0n) is 16.5. The molecule has 0 spiro atoms. The molecule has 27 heavy (non-hydrogen) atoms. The van der Waals surface area contributed by atoms with Crippen molar-refractivity contribution in [1.29, 1.82) is 0 Å². The van der Waals surface area contributed by atoms with Crippen LogP contribution in [-0.4, -0.2) is 27.0 Å². The molecule has 0 aliphatic heterocycles. The number of benzene rings is 2. The summed E-state index contributed by atoms with van der Waals surface area (Å²) < 4.78 is 33.2. The van der Waals surface area contributed by atoms with Crippen LogP contribution in [0, 0.1) is 13.8 Å². The fourth-order valence-corrected chi connectivity index (χ4v) is 4.18. The number of hydrogen-bond acceptors (Lipinski definition) is 4. The molecule has 2 aromatic rings. The van der Waals surface area contributed by atoms with E-state index in [9.17, 15) is 13.2 Å². The Kier molecular flexibility index (Phi) is 5.97. The molecule has 2 aromatic carbocycles. The monoisotopic (exact) mass is 390 g/mol. The highest BCUT2D eigenvalue weighted by atomic mass is 32.2. The second-order valence-corrected chi connectivity index (χ2v) is 9.07. The normalized spacial score (nSPS) is 11.9. The summed E-state index contributed by atoms with van der Waals surface area (Å²) >= 11 is 0. The molecule has 0 fully saturated rings. The van der Waals surface area contributed by atoms with Crippen molar-refractivity contribution >= 4 is 21.6 Å². The van der Waals surface area contributed by atoms with Gasteiger partial charge in [0.15, 0.2) is 0 Å². The summed E-state index contributed by atoms with van der Waals surface area (Å²) in [5, 5.41) is 2.84. The average molecular weight is 391 g/mol. The maximum Gasteiger partial charge on any atom is 0.255 e. The first-order valence-corrected chi connectivity index (χ1v) is 10.0. The van der Waals surface area contributed by atoms with Crippen LogP contribution >= 0.6 is 0 Å². The Hall–Kier alpha value is -2.38. The lowest BCUT2D eigenvalue weighted by atomic mass is 10.1. The smallest absolute Gasteiger partial charge is 0.255 e. The maximum atomic E-state index is 12.7. The first-order chi connectivity index (χ1) is 12.4. The highest BCUT2D eigenvalue weighted by Gasteiger charge is 2.26. The Labute approximate surface area is 161 Å². The molecule has 0 aromatic heterocycles. The standard InChI is InChI=1S/C20H26N2O4S/c1-13-8-7-9-16(14(13)2)21-19(23)15-10-11-17(26-6)18(12-15)27(24,25)22-20(3,4)5/h7-12,22H,1-6H3,(H,21,23). The number of rotatable bonds is 5. The van der Waals surface area contributed by atoms with Crippen LogP contribution in [0.15, 0.2) is 41.3 Å². The van der Waals surface area contributed by atoms with E-state index in [1.165, 1.54) is 25.3 Å². The molecule has 0 saturated carbocycles. The largest absolute Gasteiger partial charge is 0.495 e. The quantitative estimate of drug-likeness (QED) is 0.816. The van der Waals surface area contributed by atoms with Gasteiger partial charge in [0.2, 0.25) is 10.0 Å². The molecule has 0 atom stereocenters. The van der Waals surface area contributed by atoms with Crippen LogP contribution in [0.4, 0.5) is 5.69 Å². The van der Waals surface area contributed by atoms with Gasteiger partial charge in [-0.3, -0.25) is 4.79 Å². The molecule has 0 aliphatic rings. The van der Waals surface area contributed by atoms with E-state index in [0.29, 0.717) is 5.69 Å². The predicted octanol–water partition coefficient (Wildman–Crippen LogP) is 3.64. The summed E-state index contributed by atoms with van der Waals surface area (Å²) in [5.74, 6) is -0.214. The molecular formula is C20H26N2O4S. The Morgan fingerprint density at radius 2 is 1.74 bits per heavy atom. The third-order valence-electron chi connectivity index (χ3n) is 4.01. The van der Waals surface area contributed by atoms with Gasteiger partial charge in [-0.05, 0) is 70.0 Å². The number of methoxy groups -OCH3 is 1. The Balaban J connectivity index is 2.42. The number of aryl methyl sites for hydroxylation is 1. The van der Waals surface area contributed by atoms with Gasteiger partial charge in [0.25, 0.3) is 5.91 Å². The molecule has 6 nitrogen and oxygen atoms in total. The summed E-state index contributed by atoms with van der Waals surface area (Å²) in [5.41, 5.74) is 2.27. The zero-order chi connectivity index (χ0) is 20.4. The molecule has 0 saturated heterocycles. The number of nitrogens with one attached hydrogen (secondary N) is 2. The summed E-state index contributed by atoms with van der Waals surface area (Å²) in [6.45, 7) is 9.11. The van der Waals surface area contributed by atoms with Gasteiger partial charge in [-0.2, -0.15) is 0 Å². The molecule has 0 bridgehead atoms. The topological polar surface area (TPSA) is 84.5 Å². The Morgan fingerprint density at radius 1 is 1.07 bits per heavy atom. The van der Waals surface area contributed by atoms with Crippen molar-refractivity contribution in [3.8, 4) is 5.75 Å². The van der Waals surface area contributed by atoms with Crippen molar-refractivity contribution in [3.63, 3.8) is 0 Å². The van der Waals surface area contributed by atoms with Gasteiger partial charge < -0.3 is 10.1 Å². The van der Waals surface area contributed by atoms with Gasteiger partial charge >= 0.3 is 0 Å². The van der Waals surface area contributed by atoms with Crippen molar-refractivity contribution in [2.45, 2.75) is 45.1 Å². The molecule has 0 heterocycles. The average Bonchev–Trinajstić information content (AvgIpc) is 2.56. The summed E-state index contributed by atoms with van der Waals surface area (Å²) in [6.07, 6.45) is 0. The van der Waals surface area contributed by atoms with E-state index in [1.807, 2.05) is 32.0 Å². The van der Waals surface area contributed by atoms with Gasteiger partial charge in [0.05, 0.1) is 7.11 Å². The van der Waals surface area contributed by atoms with Crippen LogP contribution in [0.2, 0.25) is 0 Å². The van der Waals surface area contributed by atoms with Crippen molar-refractivity contribution in [2.24, 2.45) is 0 Å². The lowest BCUT2D eigenvalue weighted by Gasteiger charge is -2.21. The van der Waals surface area contributed by atoms with Crippen LogP contribution in [0.25, 0.3) is 0 Å². The van der Waals surface area contributed by atoms with Crippen molar-refractivity contribution in [2.75, 3.05) is 12.4 Å². The van der Waals surface area contributed by atoms with Crippen molar-refractivity contribution in [3.05, 3.63) is 53.1 Å². The van der Waals surface area contributed by atoms with E-state index >= 15 is 0 Å². The third kappa shape index (κ3) is 5.08. The van der Waals surface area contributed by atoms with Crippen LogP contribution in [-0.2, 0) is 10.0 Å². The molecule has 0 radical (unpaired) electrons. The lowest BCUT2D eigenvalue weighted by molar-refractivity contribution is 0.102. The molecule has 0 aliphatic carbocycles. The van der Waals surface area contributed by atoms with Gasteiger partial charge in [0.1, 0.15) is 10.6 Å². The van der Waals surface area contributed by atoms with Crippen LogP contribution < -0.4 is 14.8 Å². The van der Waals surface area contributed by atoms with E-state index in [1.54, 1.807) is 20.8 Å². The second-order valence-electron chi connectivity index (χ2n) is 7.42. The van der Waals surface area contributed by atoms with E-state index in [2.05, 4.69) is 10.0 Å². The molecule has 146 valence electrons. The van der Waals surface area contributed by atoms with Gasteiger partial charge in [-0.1, -0.05) is 12.1 Å². The molecule has 0 unspecified atom stereocenters. The maximum absolute atomic E-state index is 12.7. The number of anilines is 1. The number of sulfonamides is 1. The predicted molar refractivity (Wildman–Crippen MR) is 107 cm³/mol. The molecular weight excluding hydrogens is 364 g/mol. The third-order valence-corrected chi connectivity index (χ3v) is 5.79.